The van der Waals surface area contributed by atoms with E-state index in [0.29, 0.717) is 32.2 Å². The number of likely N-dealkylation sites (tertiary alicyclic amines) is 1. The Kier molecular flexibility index (Phi) is 7.72. The van der Waals surface area contributed by atoms with Crippen LogP contribution in [0.3, 0.4) is 0 Å². The molecule has 0 aromatic carbocycles. The van der Waals surface area contributed by atoms with Gasteiger partial charge in [-0.15, -0.1) is 0 Å². The van der Waals surface area contributed by atoms with Gasteiger partial charge in [-0.3, -0.25) is 48.3 Å². The van der Waals surface area contributed by atoms with Crippen LogP contribution in [-0.4, -0.2) is 93.7 Å². The van der Waals surface area contributed by atoms with Crippen LogP contribution in [0, 0.1) is 11.8 Å². The Labute approximate surface area is 212 Å². The van der Waals surface area contributed by atoms with Crippen LogP contribution >= 0.6 is 11.8 Å². The van der Waals surface area contributed by atoms with Crippen LogP contribution in [0.25, 0.3) is 0 Å². The molecule has 192 valence electrons. The van der Waals surface area contributed by atoms with Crippen molar-refractivity contribution in [2.45, 2.75) is 37.4 Å². The summed E-state index contributed by atoms with van der Waals surface area (Å²) in [6.45, 7) is 0.128. The smallest absolute Gasteiger partial charge is 0.258 e. The molecule has 4 aliphatic rings. The van der Waals surface area contributed by atoms with Crippen LogP contribution < -0.4 is 5.32 Å². The number of thioether (sulfide) groups is 1. The number of nitrogens with one attached hydrogen (secondary N) is 1. The lowest BCUT2D eigenvalue weighted by molar-refractivity contribution is -0.143. The Morgan fingerprint density at radius 1 is 0.917 bits per heavy atom. The van der Waals surface area contributed by atoms with Crippen LogP contribution in [0.4, 0.5) is 0 Å². The van der Waals surface area contributed by atoms with Gasteiger partial charge in [-0.25, -0.2) is 0 Å². The fourth-order valence-electron chi connectivity index (χ4n) is 4.98. The summed E-state index contributed by atoms with van der Waals surface area (Å²) in [5.74, 6) is -2.62. The molecule has 0 bridgehead atoms. The standard InChI is InChI=1S/C24H28N4O7S/c1-36-17-11-21(32)27(24(17)35)9-8-26-20(31)10-16(23(26)34)12-25-22(33)15-4-2-14(3-5-15)13-28-18(29)6-7-19(28)30/h6-7,10,14-15,17H,2-5,8-9,11-13H2,1H3,(H,25,33). The first kappa shape index (κ1) is 25.8. The van der Waals surface area contributed by atoms with E-state index < -0.39 is 17.1 Å². The predicted octanol–water partition coefficient (Wildman–Crippen LogP) is -0.380. The molecule has 1 unspecified atom stereocenters. The monoisotopic (exact) mass is 516 g/mol. The number of carbonyl (C=O) groups is 7. The Bertz CT molecular complexity index is 1060. The van der Waals surface area contributed by atoms with E-state index in [0.717, 1.165) is 9.80 Å². The molecule has 2 fully saturated rings. The molecule has 3 heterocycles. The van der Waals surface area contributed by atoms with Gasteiger partial charge in [0.2, 0.25) is 17.7 Å². The Morgan fingerprint density at radius 2 is 1.56 bits per heavy atom. The lowest BCUT2D eigenvalue weighted by Gasteiger charge is -2.30. The van der Waals surface area contributed by atoms with Crippen molar-refractivity contribution in [2.75, 3.05) is 32.4 Å². The first-order valence-corrected chi connectivity index (χ1v) is 13.2. The molecular formula is C24H28N4O7S. The van der Waals surface area contributed by atoms with Gasteiger partial charge in [-0.05, 0) is 37.9 Å². The van der Waals surface area contributed by atoms with Crippen molar-refractivity contribution in [1.29, 1.82) is 0 Å². The highest BCUT2D eigenvalue weighted by Gasteiger charge is 2.39. The molecule has 7 amide bonds. The first-order chi connectivity index (χ1) is 17.2. The number of amides is 7. The second kappa shape index (κ2) is 10.8. The summed E-state index contributed by atoms with van der Waals surface area (Å²) in [6.07, 6.45) is 8.18. The highest BCUT2D eigenvalue weighted by atomic mass is 32.2. The highest BCUT2D eigenvalue weighted by Crippen LogP contribution is 2.30. The third-order valence-electron chi connectivity index (χ3n) is 7.13. The van der Waals surface area contributed by atoms with E-state index in [9.17, 15) is 33.6 Å². The second-order valence-corrected chi connectivity index (χ2v) is 10.4. The highest BCUT2D eigenvalue weighted by molar-refractivity contribution is 8.00. The van der Waals surface area contributed by atoms with Crippen molar-refractivity contribution in [1.82, 2.24) is 20.0 Å². The largest absolute Gasteiger partial charge is 0.352 e. The molecule has 1 N–H and O–H groups in total. The van der Waals surface area contributed by atoms with E-state index in [1.54, 1.807) is 6.26 Å². The van der Waals surface area contributed by atoms with E-state index in [1.165, 1.54) is 34.9 Å². The van der Waals surface area contributed by atoms with E-state index in [4.69, 9.17) is 0 Å². The summed E-state index contributed by atoms with van der Waals surface area (Å²) in [4.78, 5) is 88.7. The van der Waals surface area contributed by atoms with Crippen LogP contribution in [0.1, 0.15) is 32.1 Å². The average molecular weight is 517 g/mol. The number of imide groups is 3. The lowest BCUT2D eigenvalue weighted by Crippen LogP contribution is -2.42. The minimum atomic E-state index is -0.543. The number of hydrogen-bond donors (Lipinski definition) is 1. The van der Waals surface area contributed by atoms with Crippen molar-refractivity contribution in [2.24, 2.45) is 11.8 Å². The fourth-order valence-corrected chi connectivity index (χ4v) is 5.61. The van der Waals surface area contributed by atoms with E-state index in [-0.39, 0.29) is 73.0 Å². The molecule has 0 spiro atoms. The summed E-state index contributed by atoms with van der Waals surface area (Å²) in [5, 5.41) is 2.31. The third-order valence-corrected chi connectivity index (χ3v) is 8.07. The van der Waals surface area contributed by atoms with Gasteiger partial charge in [0.05, 0.1) is 5.25 Å². The zero-order valence-electron chi connectivity index (χ0n) is 19.9. The molecule has 0 aromatic rings. The van der Waals surface area contributed by atoms with Crippen molar-refractivity contribution in [3.63, 3.8) is 0 Å². The third kappa shape index (κ3) is 5.28. The molecule has 1 atom stereocenters. The van der Waals surface area contributed by atoms with E-state index in [2.05, 4.69) is 5.32 Å². The number of carbonyl (C=O) groups excluding carboxylic acids is 7. The van der Waals surface area contributed by atoms with Gasteiger partial charge in [0.25, 0.3) is 23.6 Å². The zero-order valence-corrected chi connectivity index (χ0v) is 20.8. The van der Waals surface area contributed by atoms with Gasteiger partial charge in [-0.2, -0.15) is 11.8 Å². The van der Waals surface area contributed by atoms with Crippen molar-refractivity contribution in [3.8, 4) is 0 Å². The predicted molar refractivity (Wildman–Crippen MR) is 128 cm³/mol. The number of nitrogens with zero attached hydrogens (tertiary/aromatic N) is 3. The molecule has 11 nitrogen and oxygen atoms in total. The molecule has 36 heavy (non-hydrogen) atoms. The molecule has 0 aromatic heterocycles. The minimum absolute atomic E-state index is 0.0480. The van der Waals surface area contributed by atoms with Gasteiger partial charge in [0, 0.05) is 62.3 Å². The van der Waals surface area contributed by atoms with Gasteiger partial charge in [0.1, 0.15) is 0 Å². The summed E-state index contributed by atoms with van der Waals surface area (Å²) in [6, 6.07) is 0. The van der Waals surface area contributed by atoms with E-state index in [1.807, 2.05) is 0 Å². The Hall–Kier alpha value is -3.28. The summed E-state index contributed by atoms with van der Waals surface area (Å²) < 4.78 is 0. The average Bonchev–Trinajstić information content (AvgIpc) is 3.43. The fraction of sp³-hybridized carbons (Fsp3) is 0.542. The summed E-state index contributed by atoms with van der Waals surface area (Å²) in [5.41, 5.74) is 0.154. The normalized spacial score (nSPS) is 26.5. The second-order valence-electron chi connectivity index (χ2n) is 9.33. The van der Waals surface area contributed by atoms with Gasteiger partial charge in [-0.1, -0.05) is 0 Å². The summed E-state index contributed by atoms with van der Waals surface area (Å²) in [7, 11) is 0. The zero-order chi connectivity index (χ0) is 26.0. The maximum absolute atomic E-state index is 12.7. The SMILES string of the molecule is CSC1CC(=O)N(CCN2C(=O)C=C(CNC(=O)C3CCC(CN4C(=O)C=CC4=O)CC3)C2=O)C1=O. The van der Waals surface area contributed by atoms with Crippen molar-refractivity contribution < 1.29 is 33.6 Å². The van der Waals surface area contributed by atoms with Gasteiger partial charge < -0.3 is 5.32 Å². The molecular weight excluding hydrogens is 488 g/mol. The van der Waals surface area contributed by atoms with E-state index >= 15 is 0 Å². The molecule has 1 saturated heterocycles. The Morgan fingerprint density at radius 3 is 2.17 bits per heavy atom. The maximum Gasteiger partial charge on any atom is 0.258 e. The number of hydrogen-bond acceptors (Lipinski definition) is 8. The van der Waals surface area contributed by atoms with Crippen LogP contribution in [-0.2, 0) is 33.6 Å². The molecule has 12 heteroatoms. The van der Waals surface area contributed by atoms with Crippen LogP contribution in [0.15, 0.2) is 23.8 Å². The van der Waals surface area contributed by atoms with Crippen molar-refractivity contribution in [3.05, 3.63) is 23.8 Å². The van der Waals surface area contributed by atoms with Gasteiger partial charge >= 0.3 is 0 Å². The summed E-state index contributed by atoms with van der Waals surface area (Å²) >= 11 is 1.29. The Balaban J connectivity index is 1.20. The van der Waals surface area contributed by atoms with Crippen LogP contribution in [0.2, 0.25) is 0 Å². The minimum Gasteiger partial charge on any atom is -0.352 e. The van der Waals surface area contributed by atoms with Gasteiger partial charge in [0.15, 0.2) is 0 Å². The molecule has 3 aliphatic heterocycles. The quantitative estimate of drug-likeness (QED) is 0.409. The van der Waals surface area contributed by atoms with Crippen LogP contribution in [0.5, 0.6) is 0 Å². The number of rotatable bonds is 9. The van der Waals surface area contributed by atoms with Crippen molar-refractivity contribution >= 4 is 53.1 Å². The topological polar surface area (TPSA) is 141 Å². The molecule has 0 radical (unpaired) electrons. The molecule has 1 saturated carbocycles. The maximum atomic E-state index is 12.7. The first-order valence-electron chi connectivity index (χ1n) is 11.9. The lowest BCUT2D eigenvalue weighted by atomic mass is 9.81. The molecule has 1 aliphatic carbocycles. The molecule has 4 rings (SSSR count).